The molecule has 0 fully saturated rings. The first-order valence-electron chi connectivity index (χ1n) is 3.54. The van der Waals surface area contributed by atoms with Gasteiger partial charge in [0.1, 0.15) is 5.92 Å². The van der Waals surface area contributed by atoms with Crippen molar-refractivity contribution in [3.63, 3.8) is 0 Å². The van der Waals surface area contributed by atoms with E-state index in [-0.39, 0.29) is 0 Å². The van der Waals surface area contributed by atoms with Crippen LogP contribution in [-0.2, 0) is 4.79 Å². The third-order valence-electron chi connectivity index (χ3n) is 1.59. The van der Waals surface area contributed by atoms with Gasteiger partial charge >= 0.3 is 5.97 Å². The lowest BCUT2D eigenvalue weighted by atomic mass is 10.0. The van der Waals surface area contributed by atoms with Crippen molar-refractivity contribution in [2.75, 3.05) is 0 Å². The second kappa shape index (κ2) is 3.67. The molecule has 0 radical (unpaired) electrons. The number of carbonyl (C=O) groups is 1. The van der Waals surface area contributed by atoms with Crippen LogP contribution < -0.4 is 0 Å². The molecule has 12 heavy (non-hydrogen) atoms. The minimum Gasteiger partial charge on any atom is -0.481 e. The number of hydrogen-bond acceptors (Lipinski definition) is 2. The van der Waals surface area contributed by atoms with Gasteiger partial charge in [0, 0.05) is 6.21 Å². The van der Waals surface area contributed by atoms with Gasteiger partial charge in [-0.1, -0.05) is 30.3 Å². The molecule has 0 aliphatic carbocycles. The highest BCUT2D eigenvalue weighted by Crippen LogP contribution is 2.12. The maximum atomic E-state index is 10.6. The molecule has 0 aliphatic heterocycles. The fourth-order valence-corrected chi connectivity index (χ4v) is 0.970. The number of carboxylic acid groups (broad SMARTS) is 1. The van der Waals surface area contributed by atoms with Crippen LogP contribution in [0.2, 0.25) is 0 Å². The van der Waals surface area contributed by atoms with Gasteiger partial charge in [0.05, 0.1) is 0 Å². The molecule has 3 nitrogen and oxygen atoms in total. The van der Waals surface area contributed by atoms with Crippen molar-refractivity contribution in [1.29, 1.82) is 5.41 Å². The van der Waals surface area contributed by atoms with Crippen molar-refractivity contribution in [1.82, 2.24) is 0 Å². The summed E-state index contributed by atoms with van der Waals surface area (Å²) in [5, 5.41) is 15.6. The SMILES string of the molecule is N=CC(C(=O)O)c1ccccc1. The normalized spacial score (nSPS) is 12.0. The Balaban J connectivity index is 2.95. The minimum atomic E-state index is -0.990. The molecule has 3 heteroatoms. The van der Waals surface area contributed by atoms with E-state index in [1.165, 1.54) is 0 Å². The molecule has 0 aliphatic rings. The fraction of sp³-hybridized carbons (Fsp3) is 0.111. The predicted molar refractivity (Wildman–Crippen MR) is 45.6 cm³/mol. The van der Waals surface area contributed by atoms with E-state index in [1.807, 2.05) is 6.07 Å². The zero-order valence-corrected chi connectivity index (χ0v) is 6.40. The number of benzene rings is 1. The molecule has 0 aromatic heterocycles. The standard InChI is InChI=1S/C9H9NO2/c10-6-8(9(11)12)7-4-2-1-3-5-7/h1-6,8,10H,(H,11,12). The summed E-state index contributed by atoms with van der Waals surface area (Å²) in [7, 11) is 0. The number of rotatable bonds is 3. The molecule has 1 unspecified atom stereocenters. The predicted octanol–water partition coefficient (Wildman–Crippen LogP) is 1.50. The van der Waals surface area contributed by atoms with Gasteiger partial charge < -0.3 is 10.5 Å². The van der Waals surface area contributed by atoms with Crippen molar-refractivity contribution in [3.05, 3.63) is 35.9 Å². The van der Waals surface area contributed by atoms with Crippen LogP contribution in [0, 0.1) is 5.41 Å². The Morgan fingerprint density at radius 1 is 1.42 bits per heavy atom. The summed E-state index contributed by atoms with van der Waals surface area (Å²) in [5.41, 5.74) is 0.639. The molecule has 0 bridgehead atoms. The Bertz CT molecular complexity index is 282. The highest BCUT2D eigenvalue weighted by atomic mass is 16.4. The Morgan fingerprint density at radius 3 is 2.42 bits per heavy atom. The van der Waals surface area contributed by atoms with Crippen LogP contribution in [-0.4, -0.2) is 17.3 Å². The van der Waals surface area contributed by atoms with Crippen LogP contribution in [0.3, 0.4) is 0 Å². The first-order valence-corrected chi connectivity index (χ1v) is 3.54. The fourth-order valence-electron chi connectivity index (χ4n) is 0.970. The highest BCUT2D eigenvalue weighted by Gasteiger charge is 2.15. The van der Waals surface area contributed by atoms with E-state index in [2.05, 4.69) is 0 Å². The van der Waals surface area contributed by atoms with E-state index in [1.54, 1.807) is 24.3 Å². The number of hydrogen-bond donors (Lipinski definition) is 2. The zero-order chi connectivity index (χ0) is 8.97. The number of aliphatic carboxylic acids is 1. The van der Waals surface area contributed by atoms with Crippen LogP contribution in [0.5, 0.6) is 0 Å². The molecule has 62 valence electrons. The quantitative estimate of drug-likeness (QED) is 0.663. The average molecular weight is 163 g/mol. The Kier molecular flexibility index (Phi) is 2.58. The van der Waals surface area contributed by atoms with Gasteiger partial charge in [0.25, 0.3) is 0 Å². The molecule has 0 spiro atoms. The molecule has 0 amide bonds. The first kappa shape index (κ1) is 8.46. The Morgan fingerprint density at radius 2 is 2.00 bits per heavy atom. The van der Waals surface area contributed by atoms with E-state index >= 15 is 0 Å². The summed E-state index contributed by atoms with van der Waals surface area (Å²) in [4.78, 5) is 10.6. The second-order valence-electron chi connectivity index (χ2n) is 2.39. The van der Waals surface area contributed by atoms with Gasteiger partial charge in [0.15, 0.2) is 0 Å². The number of carboxylic acids is 1. The molecule has 0 saturated heterocycles. The second-order valence-corrected chi connectivity index (χ2v) is 2.39. The van der Waals surface area contributed by atoms with E-state index in [0.29, 0.717) is 5.56 Å². The van der Waals surface area contributed by atoms with Gasteiger partial charge in [0.2, 0.25) is 0 Å². The van der Waals surface area contributed by atoms with Crippen LogP contribution in [0.1, 0.15) is 11.5 Å². The van der Waals surface area contributed by atoms with E-state index in [9.17, 15) is 4.79 Å². The Labute approximate surface area is 70.2 Å². The average Bonchev–Trinajstić information content (AvgIpc) is 2.07. The molecule has 1 aromatic carbocycles. The maximum Gasteiger partial charge on any atom is 0.316 e. The largest absolute Gasteiger partial charge is 0.481 e. The highest BCUT2D eigenvalue weighted by molar-refractivity contribution is 5.93. The maximum absolute atomic E-state index is 10.6. The lowest BCUT2D eigenvalue weighted by molar-refractivity contribution is -0.136. The van der Waals surface area contributed by atoms with Crippen LogP contribution >= 0.6 is 0 Å². The molecule has 1 rings (SSSR count). The van der Waals surface area contributed by atoms with E-state index in [0.717, 1.165) is 6.21 Å². The van der Waals surface area contributed by atoms with Gasteiger partial charge in [-0.15, -0.1) is 0 Å². The van der Waals surface area contributed by atoms with Crippen molar-refractivity contribution in [2.45, 2.75) is 5.92 Å². The third kappa shape index (κ3) is 1.69. The summed E-state index contributed by atoms with van der Waals surface area (Å²) >= 11 is 0. The molecule has 0 saturated carbocycles. The summed E-state index contributed by atoms with van der Waals surface area (Å²) in [5.74, 6) is -1.80. The van der Waals surface area contributed by atoms with Crippen molar-refractivity contribution in [2.24, 2.45) is 0 Å². The van der Waals surface area contributed by atoms with Gasteiger partial charge in [-0.2, -0.15) is 0 Å². The third-order valence-corrected chi connectivity index (χ3v) is 1.59. The van der Waals surface area contributed by atoms with Gasteiger partial charge in [-0.05, 0) is 5.56 Å². The molecule has 1 atom stereocenters. The monoisotopic (exact) mass is 163 g/mol. The van der Waals surface area contributed by atoms with Crippen molar-refractivity contribution < 1.29 is 9.90 Å². The van der Waals surface area contributed by atoms with Gasteiger partial charge in [-0.25, -0.2) is 0 Å². The van der Waals surface area contributed by atoms with Crippen molar-refractivity contribution >= 4 is 12.2 Å². The Hall–Kier alpha value is -1.64. The smallest absolute Gasteiger partial charge is 0.316 e. The summed E-state index contributed by atoms with van der Waals surface area (Å²) in [6, 6.07) is 8.73. The molecular weight excluding hydrogens is 154 g/mol. The molecule has 2 N–H and O–H groups in total. The first-order chi connectivity index (χ1) is 5.75. The zero-order valence-electron chi connectivity index (χ0n) is 6.40. The molecule has 0 heterocycles. The molecular formula is C9H9NO2. The summed E-state index contributed by atoms with van der Waals surface area (Å²) < 4.78 is 0. The van der Waals surface area contributed by atoms with E-state index < -0.39 is 11.9 Å². The summed E-state index contributed by atoms with van der Waals surface area (Å²) in [6.07, 6.45) is 0.928. The van der Waals surface area contributed by atoms with Crippen LogP contribution in [0.15, 0.2) is 30.3 Å². The molecule has 1 aromatic rings. The van der Waals surface area contributed by atoms with Gasteiger partial charge in [-0.3, -0.25) is 4.79 Å². The van der Waals surface area contributed by atoms with Crippen molar-refractivity contribution in [3.8, 4) is 0 Å². The topological polar surface area (TPSA) is 61.2 Å². The van der Waals surface area contributed by atoms with Crippen LogP contribution in [0.25, 0.3) is 0 Å². The number of nitrogens with one attached hydrogen (secondary N) is 1. The van der Waals surface area contributed by atoms with Crippen LogP contribution in [0.4, 0.5) is 0 Å². The summed E-state index contributed by atoms with van der Waals surface area (Å²) in [6.45, 7) is 0. The van der Waals surface area contributed by atoms with E-state index in [4.69, 9.17) is 10.5 Å². The minimum absolute atomic E-state index is 0.639. The lowest BCUT2D eigenvalue weighted by Gasteiger charge is -2.04. The lowest BCUT2D eigenvalue weighted by Crippen LogP contribution is -2.11.